The second-order valence-corrected chi connectivity index (χ2v) is 7.90. The molecular formula is C19H17F2N3O4. The molecule has 146 valence electrons. The van der Waals surface area contributed by atoms with Gasteiger partial charge in [-0.25, -0.2) is 8.78 Å². The number of imide groups is 2. The first-order valence-electron chi connectivity index (χ1n) is 9.32. The summed E-state index contributed by atoms with van der Waals surface area (Å²) in [6.07, 6.45) is 0.866. The molecule has 4 aliphatic rings. The quantitative estimate of drug-likeness (QED) is 0.726. The molecule has 3 fully saturated rings. The van der Waals surface area contributed by atoms with Gasteiger partial charge in [-0.15, -0.1) is 0 Å². The second-order valence-electron chi connectivity index (χ2n) is 7.90. The van der Waals surface area contributed by atoms with Crippen molar-refractivity contribution >= 4 is 23.6 Å². The highest BCUT2D eigenvalue weighted by molar-refractivity contribution is 6.24. The number of halogens is 2. The number of benzene rings is 1. The number of hydrogen-bond donors (Lipinski definition) is 2. The fourth-order valence-electron chi connectivity index (χ4n) is 5.14. The molecule has 2 N–H and O–H groups in total. The van der Waals surface area contributed by atoms with Crippen LogP contribution in [0.5, 0.6) is 0 Å². The summed E-state index contributed by atoms with van der Waals surface area (Å²) >= 11 is 0. The lowest BCUT2D eigenvalue weighted by Crippen LogP contribution is -2.54. The maximum atomic E-state index is 14.5. The Morgan fingerprint density at radius 3 is 2.32 bits per heavy atom. The van der Waals surface area contributed by atoms with Crippen molar-refractivity contribution in [2.45, 2.75) is 31.2 Å². The third kappa shape index (κ3) is 2.22. The molecule has 28 heavy (non-hydrogen) atoms. The van der Waals surface area contributed by atoms with Gasteiger partial charge in [-0.2, -0.15) is 0 Å². The number of nitrogens with zero attached hydrogens (tertiary/aromatic N) is 1. The number of nitrogens with one attached hydrogen (secondary N) is 2. The Hall–Kier alpha value is -2.68. The normalized spacial score (nSPS) is 31.6. The molecule has 9 heteroatoms. The largest absolute Gasteiger partial charge is 0.316 e. The van der Waals surface area contributed by atoms with Gasteiger partial charge < -0.3 is 5.32 Å². The lowest BCUT2D eigenvalue weighted by molar-refractivity contribution is -0.136. The molecule has 0 spiro atoms. The van der Waals surface area contributed by atoms with E-state index < -0.39 is 46.9 Å². The average Bonchev–Trinajstić information content (AvgIpc) is 2.91. The van der Waals surface area contributed by atoms with Crippen LogP contribution in [0.2, 0.25) is 0 Å². The number of carbonyl (C=O) groups excluding carboxylic acids is 4. The second kappa shape index (κ2) is 5.91. The van der Waals surface area contributed by atoms with Crippen molar-refractivity contribution in [3.63, 3.8) is 0 Å². The lowest BCUT2D eigenvalue weighted by atomic mass is 9.59. The van der Waals surface area contributed by atoms with E-state index in [1.54, 1.807) is 0 Å². The highest BCUT2D eigenvalue weighted by Gasteiger charge is 2.52. The van der Waals surface area contributed by atoms with Gasteiger partial charge in [-0.3, -0.25) is 29.4 Å². The monoisotopic (exact) mass is 389 g/mol. The maximum Gasteiger partial charge on any atom is 0.265 e. The van der Waals surface area contributed by atoms with E-state index >= 15 is 0 Å². The molecule has 3 heterocycles. The molecule has 2 bridgehead atoms. The molecule has 0 radical (unpaired) electrons. The molecule has 3 aliphatic heterocycles. The molecule has 3 atom stereocenters. The molecule has 3 unspecified atom stereocenters. The zero-order chi connectivity index (χ0) is 19.7. The molecule has 1 aromatic carbocycles. The number of fused-ring (bicyclic) bond motifs is 3. The van der Waals surface area contributed by atoms with Gasteiger partial charge in [0.25, 0.3) is 11.8 Å². The Bertz CT molecular complexity index is 949. The Labute approximate surface area is 158 Å². The fraction of sp³-hybridized carbons (Fsp3) is 0.474. The van der Waals surface area contributed by atoms with Crippen molar-refractivity contribution in [1.82, 2.24) is 15.5 Å². The van der Waals surface area contributed by atoms with Gasteiger partial charge in [-0.1, -0.05) is 0 Å². The molecule has 2 saturated heterocycles. The van der Waals surface area contributed by atoms with E-state index in [1.807, 2.05) is 0 Å². The smallest absolute Gasteiger partial charge is 0.265 e. The number of hydrogen-bond acceptors (Lipinski definition) is 5. The molecular weight excluding hydrogens is 372 g/mol. The summed E-state index contributed by atoms with van der Waals surface area (Å²) in [5.74, 6) is -5.35. The van der Waals surface area contributed by atoms with Crippen LogP contribution in [0.4, 0.5) is 8.78 Å². The predicted molar refractivity (Wildman–Crippen MR) is 90.2 cm³/mol. The molecule has 7 nitrogen and oxygen atoms in total. The summed E-state index contributed by atoms with van der Waals surface area (Å²) in [6.45, 7) is 1.43. The van der Waals surface area contributed by atoms with Crippen molar-refractivity contribution < 1.29 is 28.0 Å². The minimum absolute atomic E-state index is 0.0336. The first kappa shape index (κ1) is 17.4. The van der Waals surface area contributed by atoms with Gasteiger partial charge in [0, 0.05) is 6.42 Å². The van der Waals surface area contributed by atoms with E-state index in [0.29, 0.717) is 23.6 Å². The zero-order valence-electron chi connectivity index (χ0n) is 14.8. The van der Waals surface area contributed by atoms with Crippen LogP contribution in [0.1, 0.15) is 51.5 Å². The van der Waals surface area contributed by atoms with E-state index in [-0.39, 0.29) is 36.2 Å². The fourth-order valence-corrected chi connectivity index (χ4v) is 5.14. The molecule has 1 saturated carbocycles. The van der Waals surface area contributed by atoms with Crippen LogP contribution < -0.4 is 10.6 Å². The van der Waals surface area contributed by atoms with Gasteiger partial charge in [-0.05, 0) is 55.3 Å². The summed E-state index contributed by atoms with van der Waals surface area (Å²) in [5, 5.41) is 5.35. The van der Waals surface area contributed by atoms with E-state index in [9.17, 15) is 28.0 Å². The van der Waals surface area contributed by atoms with E-state index in [0.717, 1.165) is 12.5 Å². The first-order chi connectivity index (χ1) is 13.4. The van der Waals surface area contributed by atoms with E-state index in [1.165, 1.54) is 0 Å². The van der Waals surface area contributed by atoms with E-state index in [4.69, 9.17) is 0 Å². The maximum absolute atomic E-state index is 14.5. The Balaban J connectivity index is 1.60. The highest BCUT2D eigenvalue weighted by atomic mass is 19.2. The van der Waals surface area contributed by atoms with Crippen LogP contribution >= 0.6 is 0 Å². The van der Waals surface area contributed by atoms with Crippen molar-refractivity contribution in [3.05, 3.63) is 34.4 Å². The summed E-state index contributed by atoms with van der Waals surface area (Å²) < 4.78 is 28.9. The average molecular weight is 389 g/mol. The third-order valence-corrected chi connectivity index (χ3v) is 6.43. The van der Waals surface area contributed by atoms with Gasteiger partial charge in [0.05, 0.1) is 11.1 Å². The van der Waals surface area contributed by atoms with Crippen LogP contribution in [0, 0.1) is 23.5 Å². The number of piperidine rings is 3. The number of amides is 4. The van der Waals surface area contributed by atoms with Crippen molar-refractivity contribution in [3.8, 4) is 0 Å². The van der Waals surface area contributed by atoms with Crippen molar-refractivity contribution in [2.24, 2.45) is 11.8 Å². The standard InChI is InChI=1S/C19H17F2N3O4/c20-10-4-9(13-7-3-8(13)6-22-5-7)14-15(16(10)21)19(28)24(18(14)27)11-1-2-12(25)23-17(11)26/h4,7-8,11,13,22H,1-3,5-6H2,(H,23,25,26). The summed E-state index contributed by atoms with van der Waals surface area (Å²) in [4.78, 5) is 50.2. The Morgan fingerprint density at radius 2 is 1.68 bits per heavy atom. The lowest BCUT2D eigenvalue weighted by Gasteiger charge is -2.50. The molecule has 1 aromatic rings. The topological polar surface area (TPSA) is 95.6 Å². The molecule has 0 aromatic heterocycles. The molecule has 5 rings (SSSR count). The van der Waals surface area contributed by atoms with E-state index in [2.05, 4.69) is 10.6 Å². The summed E-state index contributed by atoms with van der Waals surface area (Å²) in [7, 11) is 0. The summed E-state index contributed by atoms with van der Waals surface area (Å²) in [6, 6.07) is -0.175. The Kier molecular flexibility index (Phi) is 3.67. The van der Waals surface area contributed by atoms with Gasteiger partial charge in [0.15, 0.2) is 11.6 Å². The van der Waals surface area contributed by atoms with Crippen LogP contribution in [0.15, 0.2) is 6.07 Å². The first-order valence-corrected chi connectivity index (χ1v) is 9.32. The minimum Gasteiger partial charge on any atom is -0.316 e. The van der Waals surface area contributed by atoms with Crippen LogP contribution in [-0.2, 0) is 9.59 Å². The van der Waals surface area contributed by atoms with Crippen LogP contribution in [0.25, 0.3) is 0 Å². The summed E-state index contributed by atoms with van der Waals surface area (Å²) in [5.41, 5.74) is -0.373. The Morgan fingerprint density at radius 1 is 1.00 bits per heavy atom. The molecule has 1 aliphatic carbocycles. The molecule has 4 amide bonds. The number of rotatable bonds is 2. The SMILES string of the molecule is O=C1CCC(N2C(=O)c3c(C4C5CNCC4C5)cc(F)c(F)c3C2=O)C(=O)N1. The van der Waals surface area contributed by atoms with Crippen LogP contribution in [-0.4, -0.2) is 47.7 Å². The van der Waals surface area contributed by atoms with Gasteiger partial charge in [0.1, 0.15) is 6.04 Å². The number of carbonyl (C=O) groups is 4. The van der Waals surface area contributed by atoms with Gasteiger partial charge in [0.2, 0.25) is 11.8 Å². The van der Waals surface area contributed by atoms with Crippen LogP contribution in [0.3, 0.4) is 0 Å². The minimum atomic E-state index is -1.37. The zero-order valence-corrected chi connectivity index (χ0v) is 14.8. The highest BCUT2D eigenvalue weighted by Crippen LogP contribution is 2.52. The van der Waals surface area contributed by atoms with Crippen molar-refractivity contribution in [2.75, 3.05) is 13.1 Å². The third-order valence-electron chi connectivity index (χ3n) is 6.43. The van der Waals surface area contributed by atoms with Gasteiger partial charge >= 0.3 is 0 Å². The predicted octanol–water partition coefficient (Wildman–Crippen LogP) is 0.689. The van der Waals surface area contributed by atoms with Crippen molar-refractivity contribution in [1.29, 1.82) is 0 Å².